The fraction of sp³-hybridized carbons (Fsp3) is 0.290. The number of ether oxygens (including phenoxy) is 1. The Labute approximate surface area is 211 Å². The molecule has 7 rings (SSSR count). The second-order valence-corrected chi connectivity index (χ2v) is 10.3. The molecule has 3 aromatic carbocycles. The number of benzene rings is 3. The highest BCUT2D eigenvalue weighted by atomic mass is 16.5. The summed E-state index contributed by atoms with van der Waals surface area (Å²) in [4.78, 5) is 28.8. The number of aliphatic carboxylic acids is 1. The van der Waals surface area contributed by atoms with E-state index in [1.165, 1.54) is 5.56 Å². The monoisotopic (exact) mass is 479 g/mol. The molecular weight excluding hydrogens is 450 g/mol. The van der Waals surface area contributed by atoms with Crippen LogP contribution >= 0.6 is 0 Å². The predicted molar refractivity (Wildman–Crippen MR) is 138 cm³/mol. The van der Waals surface area contributed by atoms with Crippen LogP contribution in [-0.2, 0) is 15.0 Å². The molecular formula is C31H29NO4. The third kappa shape index (κ3) is 2.83. The van der Waals surface area contributed by atoms with Crippen LogP contribution in [0.5, 0.6) is 5.75 Å². The molecule has 5 heteroatoms. The Hall–Kier alpha value is -3.86. The number of likely N-dealkylation sites (tertiary alicyclic amines) is 1. The smallest absolute Gasteiger partial charge is 0.312 e. The van der Waals surface area contributed by atoms with Gasteiger partial charge in [-0.25, -0.2) is 0 Å². The molecule has 1 amide bonds. The fourth-order valence-corrected chi connectivity index (χ4v) is 7.55. The summed E-state index contributed by atoms with van der Waals surface area (Å²) in [6.07, 6.45) is 1.65. The van der Waals surface area contributed by atoms with Crippen LogP contribution in [-0.4, -0.2) is 42.1 Å². The summed E-state index contributed by atoms with van der Waals surface area (Å²) in [5, 5.41) is 10.9. The highest BCUT2D eigenvalue weighted by Gasteiger charge is 2.70. The molecule has 1 unspecified atom stereocenters. The van der Waals surface area contributed by atoms with Gasteiger partial charge in [0.15, 0.2) is 0 Å². The van der Waals surface area contributed by atoms with Crippen molar-refractivity contribution in [3.05, 3.63) is 108 Å². The van der Waals surface area contributed by atoms with Gasteiger partial charge in [-0.1, -0.05) is 79.4 Å². The van der Waals surface area contributed by atoms with Crippen molar-refractivity contribution in [2.75, 3.05) is 20.2 Å². The lowest BCUT2D eigenvalue weighted by Gasteiger charge is -2.59. The topological polar surface area (TPSA) is 66.8 Å². The molecule has 1 N–H and O–H groups in total. The zero-order chi connectivity index (χ0) is 25.1. The molecule has 1 aliphatic heterocycles. The molecule has 4 atom stereocenters. The maximum atomic E-state index is 13.8. The molecule has 5 nitrogen and oxygen atoms in total. The largest absolute Gasteiger partial charge is 0.496 e. The number of carbonyl (C=O) groups excluding carboxylic acids is 1. The number of methoxy groups -OCH3 is 1. The van der Waals surface area contributed by atoms with Gasteiger partial charge in [0.1, 0.15) is 5.75 Å². The number of nitrogens with zero attached hydrogens (tertiary/aromatic N) is 1. The second-order valence-electron chi connectivity index (χ2n) is 10.3. The number of rotatable bonds is 5. The third-order valence-electron chi connectivity index (χ3n) is 9.00. The van der Waals surface area contributed by atoms with E-state index in [4.69, 9.17) is 4.74 Å². The van der Waals surface area contributed by atoms with Crippen molar-refractivity contribution < 1.29 is 19.4 Å². The lowest BCUT2D eigenvalue weighted by atomic mass is 9.42. The third-order valence-corrected chi connectivity index (χ3v) is 9.00. The van der Waals surface area contributed by atoms with E-state index in [1.807, 2.05) is 48.5 Å². The van der Waals surface area contributed by atoms with Gasteiger partial charge in [-0.05, 0) is 35.6 Å². The van der Waals surface area contributed by atoms with Crippen molar-refractivity contribution in [3.8, 4) is 5.75 Å². The minimum atomic E-state index is -1.06. The molecule has 2 fully saturated rings. The van der Waals surface area contributed by atoms with Crippen LogP contribution in [0.1, 0.15) is 41.0 Å². The second kappa shape index (κ2) is 8.09. The normalized spacial score (nSPS) is 27.8. The van der Waals surface area contributed by atoms with Crippen molar-refractivity contribution in [2.45, 2.75) is 24.2 Å². The Kier molecular flexibility index (Phi) is 5.08. The molecule has 0 spiro atoms. The van der Waals surface area contributed by atoms with Crippen molar-refractivity contribution in [1.82, 2.24) is 4.90 Å². The van der Waals surface area contributed by atoms with Gasteiger partial charge in [0.05, 0.1) is 12.5 Å². The van der Waals surface area contributed by atoms with Crippen LogP contribution < -0.4 is 4.74 Å². The first kappa shape index (κ1) is 22.6. The summed E-state index contributed by atoms with van der Waals surface area (Å²) >= 11 is 0. The predicted octanol–water partition coefficient (Wildman–Crippen LogP) is 5.12. The SMILES string of the molecule is C=C(C(=O)N1C[C@H]2[C@@]3(c4ccccc4)CCC(c4ccccc43)[C@@]2(C(=O)O)C1)c1ccccc1OC. The van der Waals surface area contributed by atoms with Gasteiger partial charge in [0.2, 0.25) is 0 Å². The molecule has 1 heterocycles. The van der Waals surface area contributed by atoms with E-state index < -0.39 is 16.8 Å². The molecule has 2 bridgehead atoms. The quantitative estimate of drug-likeness (QED) is 0.516. The minimum absolute atomic E-state index is 0.140. The minimum Gasteiger partial charge on any atom is -0.496 e. The Morgan fingerprint density at radius 1 is 1.00 bits per heavy atom. The van der Waals surface area contributed by atoms with E-state index in [9.17, 15) is 14.7 Å². The Morgan fingerprint density at radius 3 is 2.44 bits per heavy atom. The first-order valence-corrected chi connectivity index (χ1v) is 12.4. The zero-order valence-electron chi connectivity index (χ0n) is 20.3. The number of carboxylic acid groups (broad SMARTS) is 1. The zero-order valence-corrected chi connectivity index (χ0v) is 20.3. The van der Waals surface area contributed by atoms with E-state index in [0.29, 0.717) is 23.4 Å². The average molecular weight is 480 g/mol. The number of amides is 1. The molecule has 3 aromatic rings. The van der Waals surface area contributed by atoms with E-state index in [0.717, 1.165) is 24.0 Å². The van der Waals surface area contributed by atoms with Gasteiger partial charge in [0.25, 0.3) is 5.91 Å². The molecule has 3 aliphatic carbocycles. The van der Waals surface area contributed by atoms with Gasteiger partial charge in [-0.2, -0.15) is 0 Å². The van der Waals surface area contributed by atoms with E-state index in [-0.39, 0.29) is 24.3 Å². The molecule has 36 heavy (non-hydrogen) atoms. The van der Waals surface area contributed by atoms with Crippen LogP contribution in [0.25, 0.3) is 5.57 Å². The number of para-hydroxylation sites is 1. The van der Waals surface area contributed by atoms with E-state index in [1.54, 1.807) is 18.1 Å². The first-order chi connectivity index (χ1) is 17.4. The number of carbonyl (C=O) groups is 2. The van der Waals surface area contributed by atoms with Crippen molar-refractivity contribution in [2.24, 2.45) is 11.3 Å². The highest BCUT2D eigenvalue weighted by molar-refractivity contribution is 6.19. The molecule has 0 aromatic heterocycles. The number of fused-ring (bicyclic) bond motifs is 1. The highest BCUT2D eigenvalue weighted by Crippen LogP contribution is 2.69. The number of hydrogen-bond donors (Lipinski definition) is 1. The van der Waals surface area contributed by atoms with Crippen LogP contribution in [0.4, 0.5) is 0 Å². The van der Waals surface area contributed by atoms with Gasteiger partial charge < -0.3 is 14.7 Å². The van der Waals surface area contributed by atoms with E-state index >= 15 is 0 Å². The van der Waals surface area contributed by atoms with E-state index in [2.05, 4.69) is 30.8 Å². The number of hydrogen-bond acceptors (Lipinski definition) is 3. The van der Waals surface area contributed by atoms with Gasteiger partial charge in [0, 0.05) is 41.5 Å². The Balaban J connectivity index is 1.49. The Bertz CT molecular complexity index is 1380. The summed E-state index contributed by atoms with van der Waals surface area (Å²) in [5.41, 5.74) is 2.89. The maximum absolute atomic E-state index is 13.8. The average Bonchev–Trinajstić information content (AvgIpc) is 3.37. The Morgan fingerprint density at radius 2 is 1.69 bits per heavy atom. The van der Waals surface area contributed by atoms with Gasteiger partial charge in [-0.3, -0.25) is 9.59 Å². The number of carboxylic acids is 1. The molecule has 0 radical (unpaired) electrons. The van der Waals surface area contributed by atoms with Crippen LogP contribution in [0.3, 0.4) is 0 Å². The fourth-order valence-electron chi connectivity index (χ4n) is 7.55. The lowest BCUT2D eigenvalue weighted by molar-refractivity contribution is -0.157. The summed E-state index contributed by atoms with van der Waals surface area (Å²) in [7, 11) is 1.57. The van der Waals surface area contributed by atoms with Gasteiger partial charge >= 0.3 is 5.97 Å². The lowest BCUT2D eigenvalue weighted by Crippen LogP contribution is -2.60. The van der Waals surface area contributed by atoms with Crippen molar-refractivity contribution in [3.63, 3.8) is 0 Å². The molecule has 1 saturated heterocycles. The maximum Gasteiger partial charge on any atom is 0.312 e. The van der Waals surface area contributed by atoms with Crippen molar-refractivity contribution >= 4 is 17.4 Å². The summed E-state index contributed by atoms with van der Waals surface area (Å²) in [6, 6.07) is 25.9. The van der Waals surface area contributed by atoms with Crippen LogP contribution in [0, 0.1) is 11.3 Å². The molecule has 182 valence electrons. The van der Waals surface area contributed by atoms with Gasteiger partial charge in [-0.15, -0.1) is 0 Å². The summed E-state index contributed by atoms with van der Waals surface area (Å²) < 4.78 is 5.47. The molecule has 1 saturated carbocycles. The molecule has 4 aliphatic rings. The summed E-state index contributed by atoms with van der Waals surface area (Å²) in [6.45, 7) is 4.66. The summed E-state index contributed by atoms with van der Waals surface area (Å²) in [5.74, 6) is -0.855. The van der Waals surface area contributed by atoms with Crippen LogP contribution in [0.2, 0.25) is 0 Å². The standard InChI is InChI=1S/C31H29NO4/c1-20(22-12-7-9-15-26(22)36-2)28(33)32-18-27-30(21-10-4-3-5-11-21)17-16-25(31(27,19-32)29(34)35)23-13-6-8-14-24(23)30/h3-15,25,27H,1,16-19H2,2H3,(H,34,35)/t25?,27-,30+,31-/m0/s1. The van der Waals surface area contributed by atoms with Crippen LogP contribution in [0.15, 0.2) is 85.4 Å². The first-order valence-electron chi connectivity index (χ1n) is 12.4. The van der Waals surface area contributed by atoms with Crippen molar-refractivity contribution in [1.29, 1.82) is 0 Å².